The van der Waals surface area contributed by atoms with Crippen LogP contribution in [0.1, 0.15) is 20.3 Å². The molecule has 1 aliphatic rings. The number of aliphatic carboxylic acids is 1. The average molecular weight is 287 g/mol. The molecule has 1 rings (SSSR count). The first kappa shape index (κ1) is 16.6. The zero-order valence-corrected chi connectivity index (χ0v) is 11.8. The molecule has 1 amide bonds. The van der Waals surface area contributed by atoms with E-state index in [4.69, 9.17) is 19.3 Å². The van der Waals surface area contributed by atoms with Gasteiger partial charge in [-0.3, -0.25) is 9.59 Å². The summed E-state index contributed by atoms with van der Waals surface area (Å²) in [6, 6.07) is 0. The van der Waals surface area contributed by atoms with Crippen molar-refractivity contribution in [2.45, 2.75) is 31.6 Å². The van der Waals surface area contributed by atoms with Gasteiger partial charge in [0, 0.05) is 0 Å². The number of amides is 1. The lowest BCUT2D eigenvalue weighted by Crippen LogP contribution is -2.63. The van der Waals surface area contributed by atoms with Crippen molar-refractivity contribution >= 4 is 11.9 Å². The smallest absolute Gasteiger partial charge is 0.305 e. The maximum absolute atomic E-state index is 11.5. The lowest BCUT2D eigenvalue weighted by molar-refractivity contribution is -0.275. The first-order valence-electron chi connectivity index (χ1n) is 6.31. The minimum absolute atomic E-state index is 0.0600. The molecule has 20 heavy (non-hydrogen) atoms. The molecule has 1 fully saturated rings. The third kappa shape index (κ3) is 5.28. The molecule has 0 bridgehead atoms. The van der Waals surface area contributed by atoms with Crippen LogP contribution in [0.3, 0.4) is 0 Å². The quantitative estimate of drug-likeness (QED) is 0.517. The molecule has 1 heterocycles. The summed E-state index contributed by atoms with van der Waals surface area (Å²) in [7, 11) is 0. The van der Waals surface area contributed by atoms with Crippen molar-refractivity contribution in [3.8, 4) is 0 Å². The Morgan fingerprint density at radius 2 is 2.00 bits per heavy atom. The Balaban J connectivity index is 2.58. The summed E-state index contributed by atoms with van der Waals surface area (Å²) in [5.41, 5.74) is -0.834. The van der Waals surface area contributed by atoms with E-state index >= 15 is 0 Å². The molecule has 1 aliphatic heterocycles. The zero-order chi connectivity index (χ0) is 15.2. The zero-order valence-electron chi connectivity index (χ0n) is 11.8. The lowest BCUT2D eigenvalue weighted by Gasteiger charge is -2.43. The molecule has 7 nitrogen and oxygen atoms in total. The van der Waals surface area contributed by atoms with E-state index in [1.807, 2.05) is 0 Å². The van der Waals surface area contributed by atoms with Crippen LogP contribution in [0.25, 0.3) is 0 Å². The van der Waals surface area contributed by atoms with Crippen molar-refractivity contribution in [3.05, 3.63) is 12.7 Å². The van der Waals surface area contributed by atoms with Crippen LogP contribution in [0, 0.1) is 0 Å². The Hall–Kier alpha value is -1.44. The number of rotatable bonds is 7. The van der Waals surface area contributed by atoms with Crippen molar-refractivity contribution < 1.29 is 28.9 Å². The van der Waals surface area contributed by atoms with Gasteiger partial charge in [0.1, 0.15) is 5.54 Å². The molecule has 2 N–H and O–H groups in total. The van der Waals surface area contributed by atoms with Crippen LogP contribution in [0.4, 0.5) is 0 Å². The van der Waals surface area contributed by atoms with Gasteiger partial charge >= 0.3 is 5.97 Å². The largest absolute Gasteiger partial charge is 0.481 e. The Morgan fingerprint density at radius 1 is 1.40 bits per heavy atom. The predicted octanol–water partition coefficient (Wildman–Crippen LogP) is 0.302. The number of carboxylic acid groups (broad SMARTS) is 1. The fraction of sp³-hybridized carbons (Fsp3) is 0.692. The lowest BCUT2D eigenvalue weighted by atomic mass is 10.0. The van der Waals surface area contributed by atoms with Gasteiger partial charge in [-0.05, 0) is 19.9 Å². The first-order chi connectivity index (χ1) is 9.29. The Bertz CT molecular complexity index is 369. The summed E-state index contributed by atoms with van der Waals surface area (Å²) in [5, 5.41) is 11.3. The van der Waals surface area contributed by atoms with Gasteiger partial charge in [0.25, 0.3) is 0 Å². The highest BCUT2D eigenvalue weighted by Gasteiger charge is 2.41. The number of hydrogen-bond donors (Lipinski definition) is 2. The van der Waals surface area contributed by atoms with Crippen LogP contribution in [0.5, 0.6) is 0 Å². The molecule has 0 aromatic carbocycles. The fourth-order valence-corrected chi connectivity index (χ4v) is 1.64. The number of nitrogens with one attached hydrogen (secondary N) is 1. The van der Waals surface area contributed by atoms with Gasteiger partial charge in [-0.25, -0.2) is 0 Å². The van der Waals surface area contributed by atoms with E-state index in [1.165, 1.54) is 0 Å². The molecule has 0 aromatic heterocycles. The van der Waals surface area contributed by atoms with Crippen molar-refractivity contribution in [3.63, 3.8) is 0 Å². The third-order valence-electron chi connectivity index (χ3n) is 2.80. The van der Waals surface area contributed by atoms with Crippen LogP contribution in [-0.4, -0.2) is 54.7 Å². The average Bonchev–Trinajstić information content (AvgIpc) is 2.38. The van der Waals surface area contributed by atoms with Crippen LogP contribution in [0.2, 0.25) is 0 Å². The van der Waals surface area contributed by atoms with Crippen molar-refractivity contribution in [1.29, 1.82) is 0 Å². The molecule has 0 spiro atoms. The second-order valence-corrected chi connectivity index (χ2v) is 5.15. The van der Waals surface area contributed by atoms with Gasteiger partial charge in [-0.15, -0.1) is 0 Å². The van der Waals surface area contributed by atoms with Crippen LogP contribution in [-0.2, 0) is 23.8 Å². The first-order valence-corrected chi connectivity index (χ1v) is 6.31. The second-order valence-electron chi connectivity index (χ2n) is 5.15. The van der Waals surface area contributed by atoms with E-state index in [0.717, 1.165) is 6.08 Å². The summed E-state index contributed by atoms with van der Waals surface area (Å²) in [6.07, 6.45) is 1.05. The molecule has 0 saturated carbocycles. The van der Waals surface area contributed by atoms with E-state index < -0.39 is 17.3 Å². The van der Waals surface area contributed by atoms with Gasteiger partial charge in [-0.2, -0.15) is 0 Å². The van der Waals surface area contributed by atoms with E-state index in [1.54, 1.807) is 13.8 Å². The molecule has 1 saturated heterocycles. The van der Waals surface area contributed by atoms with Crippen LogP contribution < -0.4 is 5.32 Å². The topological polar surface area (TPSA) is 94.1 Å². The van der Waals surface area contributed by atoms with Crippen LogP contribution >= 0.6 is 0 Å². The molecule has 7 heteroatoms. The minimum atomic E-state index is -0.938. The molecule has 0 unspecified atom stereocenters. The maximum Gasteiger partial charge on any atom is 0.305 e. The summed E-state index contributed by atoms with van der Waals surface area (Å²) < 4.78 is 16.4. The standard InChI is InChI=1S/C13H21NO6/c1-4-10(15)14-13(7-18-6-5-11(16)17)8-19-12(2,3)20-9-13/h4H,1,5-9H2,2-3H3,(H,14,15)(H,16,17). The minimum Gasteiger partial charge on any atom is -0.481 e. The number of ether oxygens (including phenoxy) is 3. The van der Waals surface area contributed by atoms with Gasteiger partial charge in [0.05, 0.1) is 32.8 Å². The number of carbonyl (C=O) groups is 2. The van der Waals surface area contributed by atoms with Crippen molar-refractivity contribution in [1.82, 2.24) is 5.32 Å². The van der Waals surface area contributed by atoms with E-state index in [9.17, 15) is 9.59 Å². The van der Waals surface area contributed by atoms with Crippen LogP contribution in [0.15, 0.2) is 12.7 Å². The maximum atomic E-state index is 11.5. The highest BCUT2D eigenvalue weighted by atomic mass is 16.7. The Morgan fingerprint density at radius 3 is 2.50 bits per heavy atom. The van der Waals surface area contributed by atoms with Gasteiger partial charge in [0.15, 0.2) is 5.79 Å². The number of carbonyl (C=O) groups excluding carboxylic acids is 1. The molecule has 0 atom stereocenters. The predicted molar refractivity (Wildman–Crippen MR) is 70.1 cm³/mol. The second kappa shape index (κ2) is 6.83. The highest BCUT2D eigenvalue weighted by Crippen LogP contribution is 2.24. The Kier molecular flexibility index (Phi) is 5.67. The molecule has 0 aliphatic carbocycles. The summed E-state index contributed by atoms with van der Waals surface area (Å²) in [6.45, 7) is 7.54. The monoisotopic (exact) mass is 287 g/mol. The number of carboxylic acids is 1. The summed E-state index contributed by atoms with van der Waals surface area (Å²) >= 11 is 0. The third-order valence-corrected chi connectivity index (χ3v) is 2.80. The van der Waals surface area contributed by atoms with Crippen molar-refractivity contribution in [2.75, 3.05) is 26.4 Å². The number of hydrogen-bond acceptors (Lipinski definition) is 5. The van der Waals surface area contributed by atoms with Gasteiger partial charge in [0.2, 0.25) is 5.91 Å². The normalized spacial score (nSPS) is 20.1. The van der Waals surface area contributed by atoms with Gasteiger partial charge in [-0.1, -0.05) is 6.58 Å². The highest BCUT2D eigenvalue weighted by molar-refractivity contribution is 5.87. The molecular weight excluding hydrogens is 266 g/mol. The summed E-state index contributed by atoms with van der Waals surface area (Å²) in [4.78, 5) is 21.9. The Labute approximate surface area is 117 Å². The molecule has 0 radical (unpaired) electrons. The van der Waals surface area contributed by atoms with E-state index in [0.29, 0.717) is 0 Å². The summed E-state index contributed by atoms with van der Waals surface area (Å²) in [5.74, 6) is -2.02. The molecule has 114 valence electrons. The fourth-order valence-electron chi connectivity index (χ4n) is 1.64. The molecular formula is C13H21NO6. The van der Waals surface area contributed by atoms with Gasteiger partial charge < -0.3 is 24.6 Å². The molecule has 0 aromatic rings. The van der Waals surface area contributed by atoms with E-state index in [2.05, 4.69) is 11.9 Å². The van der Waals surface area contributed by atoms with Crippen molar-refractivity contribution in [2.24, 2.45) is 0 Å². The van der Waals surface area contributed by atoms with E-state index in [-0.39, 0.29) is 38.8 Å². The SMILES string of the molecule is C=CC(=O)NC1(COCCC(=O)O)COC(C)(C)OC1.